The minimum Gasteiger partial charge on any atom is -0.350 e. The van der Waals surface area contributed by atoms with Crippen molar-refractivity contribution < 1.29 is 9.59 Å². The lowest BCUT2D eigenvalue weighted by molar-refractivity contribution is -0.128. The van der Waals surface area contributed by atoms with Crippen LogP contribution in [-0.2, 0) is 9.59 Å². The van der Waals surface area contributed by atoms with Gasteiger partial charge >= 0.3 is 0 Å². The van der Waals surface area contributed by atoms with Gasteiger partial charge in [0, 0.05) is 25.0 Å². The molecule has 0 unspecified atom stereocenters. The van der Waals surface area contributed by atoms with Crippen LogP contribution < -0.4 is 5.32 Å². The molecule has 5 heteroatoms. The standard InChI is InChI=1S/C16H21ClN2O2/c17-14-5-3-1-2-4-10-18-15(14)11-19-16(21)12-6-8-13(20)9-7-12/h4-5,10,12H,1-3,6-9,11H2,(H,19,21)/b10-4-,14-5?,18-15?. The molecule has 0 aromatic carbocycles. The van der Waals surface area contributed by atoms with E-state index >= 15 is 0 Å². The van der Waals surface area contributed by atoms with Crippen LogP contribution in [0.25, 0.3) is 0 Å². The second-order valence-electron chi connectivity index (χ2n) is 5.47. The monoisotopic (exact) mass is 308 g/mol. The summed E-state index contributed by atoms with van der Waals surface area (Å²) < 4.78 is 0. The van der Waals surface area contributed by atoms with Gasteiger partial charge in [-0.05, 0) is 32.1 Å². The van der Waals surface area contributed by atoms with E-state index in [2.05, 4.69) is 10.3 Å². The Morgan fingerprint density at radius 2 is 2.10 bits per heavy atom. The molecule has 1 aliphatic carbocycles. The van der Waals surface area contributed by atoms with E-state index in [0.717, 1.165) is 19.3 Å². The maximum absolute atomic E-state index is 12.1. The van der Waals surface area contributed by atoms with Crippen LogP contribution in [0.1, 0.15) is 44.9 Å². The quantitative estimate of drug-likeness (QED) is 0.871. The van der Waals surface area contributed by atoms with Crippen LogP contribution in [0.5, 0.6) is 0 Å². The molecular weight excluding hydrogens is 288 g/mol. The van der Waals surface area contributed by atoms with E-state index in [4.69, 9.17) is 11.6 Å². The first-order valence-electron chi connectivity index (χ1n) is 7.54. The highest BCUT2D eigenvalue weighted by Gasteiger charge is 2.24. The van der Waals surface area contributed by atoms with Crippen LogP contribution in [0, 0.1) is 5.92 Å². The fraction of sp³-hybridized carbons (Fsp3) is 0.562. The molecule has 1 fully saturated rings. The highest BCUT2D eigenvalue weighted by Crippen LogP contribution is 2.21. The molecular formula is C16H21ClN2O2. The lowest BCUT2D eigenvalue weighted by Crippen LogP contribution is -2.36. The van der Waals surface area contributed by atoms with Crippen molar-refractivity contribution in [3.8, 4) is 0 Å². The first-order valence-corrected chi connectivity index (χ1v) is 7.91. The van der Waals surface area contributed by atoms with E-state index in [1.165, 1.54) is 0 Å². The predicted molar refractivity (Wildman–Crippen MR) is 84.3 cm³/mol. The third-order valence-electron chi connectivity index (χ3n) is 3.85. The van der Waals surface area contributed by atoms with Gasteiger partial charge in [0.1, 0.15) is 5.78 Å². The molecule has 0 radical (unpaired) electrons. The summed E-state index contributed by atoms with van der Waals surface area (Å²) in [4.78, 5) is 27.6. The zero-order chi connectivity index (χ0) is 15.1. The number of amides is 1. The Hall–Kier alpha value is -1.42. The molecule has 1 heterocycles. The third-order valence-corrected chi connectivity index (χ3v) is 4.23. The molecule has 0 aromatic heterocycles. The van der Waals surface area contributed by atoms with Gasteiger partial charge in [-0.25, -0.2) is 0 Å². The summed E-state index contributed by atoms with van der Waals surface area (Å²) in [7, 11) is 0. The van der Waals surface area contributed by atoms with Crippen LogP contribution in [0.2, 0.25) is 0 Å². The normalized spacial score (nSPS) is 22.4. The van der Waals surface area contributed by atoms with Gasteiger partial charge in [-0.3, -0.25) is 14.6 Å². The Morgan fingerprint density at radius 3 is 2.86 bits per heavy atom. The summed E-state index contributed by atoms with van der Waals surface area (Å²) >= 11 is 6.22. The average Bonchev–Trinajstić information content (AvgIpc) is 2.58. The van der Waals surface area contributed by atoms with E-state index in [-0.39, 0.29) is 17.6 Å². The van der Waals surface area contributed by atoms with Gasteiger partial charge in [0.25, 0.3) is 0 Å². The Bertz CT molecular complexity index is 485. The van der Waals surface area contributed by atoms with Crippen molar-refractivity contribution in [3.63, 3.8) is 0 Å². The smallest absolute Gasteiger partial charge is 0.223 e. The fourth-order valence-electron chi connectivity index (χ4n) is 2.51. The number of carbonyl (C=O) groups is 2. The summed E-state index contributed by atoms with van der Waals surface area (Å²) in [5.41, 5.74) is 0.690. The topological polar surface area (TPSA) is 58.5 Å². The Labute approximate surface area is 130 Å². The molecule has 0 atom stereocenters. The average molecular weight is 309 g/mol. The lowest BCUT2D eigenvalue weighted by atomic mass is 9.88. The second-order valence-corrected chi connectivity index (χ2v) is 5.88. The zero-order valence-electron chi connectivity index (χ0n) is 12.1. The maximum Gasteiger partial charge on any atom is 0.223 e. The van der Waals surface area contributed by atoms with Gasteiger partial charge < -0.3 is 5.32 Å². The number of Topliss-reactive ketones (excluding diaryl/α,β-unsaturated/α-hetero) is 1. The SMILES string of the molecule is O=C1CCC(C(=O)NCC2=N/C=C\CCCC=C2Cl)CC1. The van der Waals surface area contributed by atoms with Crippen molar-refractivity contribution in [1.82, 2.24) is 5.32 Å². The number of nitrogens with zero attached hydrogens (tertiary/aromatic N) is 1. The van der Waals surface area contributed by atoms with E-state index in [9.17, 15) is 9.59 Å². The van der Waals surface area contributed by atoms with Crippen LogP contribution in [0.15, 0.2) is 28.4 Å². The van der Waals surface area contributed by atoms with Crippen molar-refractivity contribution in [2.75, 3.05) is 6.54 Å². The minimum atomic E-state index is -0.0575. The number of nitrogens with one attached hydrogen (secondary N) is 1. The number of hydrogen-bond donors (Lipinski definition) is 1. The largest absolute Gasteiger partial charge is 0.350 e. The number of halogens is 1. The molecule has 0 aromatic rings. The lowest BCUT2D eigenvalue weighted by Gasteiger charge is -2.20. The molecule has 0 saturated heterocycles. The van der Waals surface area contributed by atoms with E-state index in [0.29, 0.717) is 43.0 Å². The summed E-state index contributed by atoms with van der Waals surface area (Å²) in [6, 6.07) is 0. The number of carbonyl (C=O) groups excluding carboxylic acids is 2. The molecule has 0 bridgehead atoms. The summed E-state index contributed by atoms with van der Waals surface area (Å²) in [6.45, 7) is 0.336. The van der Waals surface area contributed by atoms with Crippen molar-refractivity contribution >= 4 is 29.0 Å². The van der Waals surface area contributed by atoms with Crippen molar-refractivity contribution in [3.05, 3.63) is 23.4 Å². The molecule has 1 saturated carbocycles. The van der Waals surface area contributed by atoms with E-state index < -0.39 is 0 Å². The first-order chi connectivity index (χ1) is 10.2. The maximum atomic E-state index is 12.1. The van der Waals surface area contributed by atoms with Gasteiger partial charge in [0.05, 0.1) is 17.3 Å². The Kier molecular flexibility index (Phi) is 6.18. The third kappa shape index (κ3) is 5.12. The van der Waals surface area contributed by atoms with Gasteiger partial charge in [0.2, 0.25) is 5.91 Å². The van der Waals surface area contributed by atoms with Gasteiger partial charge in [-0.2, -0.15) is 0 Å². The van der Waals surface area contributed by atoms with Gasteiger partial charge in [-0.15, -0.1) is 0 Å². The Morgan fingerprint density at radius 1 is 1.33 bits per heavy atom. The van der Waals surface area contributed by atoms with Crippen LogP contribution in [-0.4, -0.2) is 23.9 Å². The van der Waals surface area contributed by atoms with E-state index in [1.54, 1.807) is 6.20 Å². The molecule has 0 spiro atoms. The second kappa shape index (κ2) is 8.13. The minimum absolute atomic E-state index is 0.00137. The molecule has 1 aliphatic heterocycles. The molecule has 4 nitrogen and oxygen atoms in total. The Balaban J connectivity index is 1.89. The van der Waals surface area contributed by atoms with Crippen molar-refractivity contribution in [2.45, 2.75) is 44.9 Å². The zero-order valence-corrected chi connectivity index (χ0v) is 12.9. The number of aliphatic imine (C=N–C) groups is 1. The first kappa shape index (κ1) is 16.0. The predicted octanol–water partition coefficient (Wildman–Crippen LogP) is 3.12. The van der Waals surface area contributed by atoms with Gasteiger partial charge in [0.15, 0.2) is 0 Å². The number of rotatable bonds is 3. The summed E-state index contributed by atoms with van der Waals surface area (Å²) in [5, 5.41) is 3.51. The van der Waals surface area contributed by atoms with Gasteiger partial charge in [-0.1, -0.05) is 23.8 Å². The number of ketones is 1. The molecule has 21 heavy (non-hydrogen) atoms. The summed E-state index contributed by atoms with van der Waals surface area (Å²) in [6.07, 6.45) is 11.0. The van der Waals surface area contributed by atoms with Crippen molar-refractivity contribution in [2.24, 2.45) is 10.9 Å². The highest BCUT2D eigenvalue weighted by molar-refractivity contribution is 6.44. The van der Waals surface area contributed by atoms with Crippen LogP contribution in [0.3, 0.4) is 0 Å². The molecule has 1 N–H and O–H groups in total. The molecule has 1 amide bonds. The van der Waals surface area contributed by atoms with E-state index in [1.807, 2.05) is 12.2 Å². The van der Waals surface area contributed by atoms with Crippen molar-refractivity contribution in [1.29, 1.82) is 0 Å². The number of allylic oxidation sites excluding steroid dienone is 2. The molecule has 2 rings (SSSR count). The summed E-state index contributed by atoms with van der Waals surface area (Å²) in [5.74, 6) is 0.201. The molecule has 2 aliphatic rings. The number of hydrogen-bond acceptors (Lipinski definition) is 3. The van der Waals surface area contributed by atoms with Crippen LogP contribution in [0.4, 0.5) is 0 Å². The fourth-order valence-corrected chi connectivity index (χ4v) is 2.73. The van der Waals surface area contributed by atoms with Crippen LogP contribution >= 0.6 is 11.6 Å². The highest BCUT2D eigenvalue weighted by atomic mass is 35.5. The molecule has 114 valence electrons.